The molecule has 0 aromatic heterocycles. The van der Waals surface area contributed by atoms with Gasteiger partial charge in [0.1, 0.15) is 11.6 Å². The Morgan fingerprint density at radius 2 is 1.86 bits per heavy atom. The molecule has 5 heteroatoms. The van der Waals surface area contributed by atoms with Crippen LogP contribution in [0.5, 0.6) is 0 Å². The van der Waals surface area contributed by atoms with Crippen molar-refractivity contribution in [3.63, 3.8) is 0 Å². The summed E-state index contributed by atoms with van der Waals surface area (Å²) in [7, 11) is 0. The first-order chi connectivity index (χ1) is 13.6. The lowest BCUT2D eigenvalue weighted by molar-refractivity contribution is -0.168. The smallest absolute Gasteiger partial charge is 0.303 e. The van der Waals surface area contributed by atoms with Crippen LogP contribution in [0.1, 0.15) is 78.6 Å². The second kappa shape index (κ2) is 7.18. The van der Waals surface area contributed by atoms with Crippen molar-refractivity contribution in [2.75, 3.05) is 0 Å². The first kappa shape index (κ1) is 21.0. The highest BCUT2D eigenvalue weighted by molar-refractivity contribution is 5.92. The summed E-state index contributed by atoms with van der Waals surface area (Å²) in [4.78, 5) is 38.0. The van der Waals surface area contributed by atoms with Gasteiger partial charge < -0.3 is 10.2 Å². The van der Waals surface area contributed by atoms with E-state index in [2.05, 4.69) is 20.8 Å². The van der Waals surface area contributed by atoms with Gasteiger partial charge in [-0.05, 0) is 73.5 Å². The van der Waals surface area contributed by atoms with Gasteiger partial charge in [0.15, 0.2) is 0 Å². The average Bonchev–Trinajstić information content (AvgIpc) is 3.01. The number of carbonyl (C=O) groups is 3. The lowest BCUT2D eigenvalue weighted by atomic mass is 9.43. The third-order valence-electron chi connectivity index (χ3n) is 9.87. The standard InChI is InChI=1S/C24H36O5/c1-13(4-7-21(28)29)16-5-6-17-22-18(12-20(27)24(16,17)3)23(2)9-8-15(25)10-14(23)11-19(22)26/h13-18,22,25H,4-12H2,1-3H3,(H,28,29)/t13-,14?,15+,16-,17+,18+,22+,23+,24-/m1/s1. The van der Waals surface area contributed by atoms with Crippen LogP contribution in [0.15, 0.2) is 0 Å². The maximum atomic E-state index is 13.6. The van der Waals surface area contributed by atoms with Crippen LogP contribution in [0.3, 0.4) is 0 Å². The molecule has 0 bridgehead atoms. The van der Waals surface area contributed by atoms with E-state index in [0.29, 0.717) is 37.2 Å². The van der Waals surface area contributed by atoms with E-state index in [-0.39, 0.29) is 53.4 Å². The van der Waals surface area contributed by atoms with E-state index in [9.17, 15) is 19.5 Å². The minimum atomic E-state index is -0.785. The van der Waals surface area contributed by atoms with E-state index in [4.69, 9.17) is 5.11 Å². The lowest BCUT2D eigenvalue weighted by Crippen LogP contribution is -2.60. The Morgan fingerprint density at radius 3 is 2.55 bits per heavy atom. The Balaban J connectivity index is 1.62. The molecule has 0 aromatic carbocycles. The molecular formula is C24H36O5. The first-order valence-electron chi connectivity index (χ1n) is 11.5. The van der Waals surface area contributed by atoms with Crippen molar-refractivity contribution in [2.45, 2.75) is 84.7 Å². The molecule has 4 fully saturated rings. The van der Waals surface area contributed by atoms with E-state index in [1.807, 2.05) is 0 Å². The Kier molecular flexibility index (Phi) is 5.20. The number of aliphatic hydroxyl groups is 1. The van der Waals surface area contributed by atoms with Gasteiger partial charge in [-0.2, -0.15) is 0 Å². The summed E-state index contributed by atoms with van der Waals surface area (Å²) in [6.45, 7) is 6.44. The van der Waals surface area contributed by atoms with Gasteiger partial charge in [0.2, 0.25) is 0 Å². The summed E-state index contributed by atoms with van der Waals surface area (Å²) in [5.74, 6) is 0.550. The van der Waals surface area contributed by atoms with Crippen LogP contribution in [-0.2, 0) is 14.4 Å². The summed E-state index contributed by atoms with van der Waals surface area (Å²) in [5, 5.41) is 19.2. The van der Waals surface area contributed by atoms with Crippen LogP contribution in [0.2, 0.25) is 0 Å². The molecule has 0 radical (unpaired) electrons. The number of carbonyl (C=O) groups excluding carboxylic acids is 2. The van der Waals surface area contributed by atoms with Gasteiger partial charge in [0.05, 0.1) is 6.10 Å². The predicted molar refractivity (Wildman–Crippen MR) is 108 cm³/mol. The molecular weight excluding hydrogens is 368 g/mol. The lowest BCUT2D eigenvalue weighted by Gasteiger charge is -2.59. The van der Waals surface area contributed by atoms with E-state index in [0.717, 1.165) is 25.7 Å². The molecule has 1 unspecified atom stereocenters. The quantitative estimate of drug-likeness (QED) is 0.742. The molecule has 0 aliphatic heterocycles. The van der Waals surface area contributed by atoms with Gasteiger partial charge in [-0.15, -0.1) is 0 Å². The van der Waals surface area contributed by atoms with E-state index in [1.165, 1.54) is 0 Å². The van der Waals surface area contributed by atoms with Crippen LogP contribution in [-0.4, -0.2) is 33.9 Å². The largest absolute Gasteiger partial charge is 0.481 e. The van der Waals surface area contributed by atoms with Crippen LogP contribution < -0.4 is 0 Å². The molecule has 5 nitrogen and oxygen atoms in total. The highest BCUT2D eigenvalue weighted by atomic mass is 16.4. The Labute approximate surface area is 173 Å². The van der Waals surface area contributed by atoms with Gasteiger partial charge in [-0.1, -0.05) is 20.8 Å². The normalized spacial score (nSPS) is 47.9. The highest BCUT2D eigenvalue weighted by Gasteiger charge is 2.66. The van der Waals surface area contributed by atoms with Crippen molar-refractivity contribution >= 4 is 17.5 Å². The number of carboxylic acid groups (broad SMARTS) is 1. The molecule has 9 atom stereocenters. The van der Waals surface area contributed by atoms with Crippen molar-refractivity contribution in [3.8, 4) is 0 Å². The third kappa shape index (κ3) is 3.10. The van der Waals surface area contributed by atoms with Gasteiger partial charge >= 0.3 is 5.97 Å². The van der Waals surface area contributed by atoms with Crippen molar-refractivity contribution in [2.24, 2.45) is 46.3 Å². The summed E-state index contributed by atoms with van der Waals surface area (Å²) in [6, 6.07) is 0. The van der Waals surface area contributed by atoms with Crippen molar-refractivity contribution in [1.82, 2.24) is 0 Å². The fraction of sp³-hybridized carbons (Fsp3) is 0.875. The van der Waals surface area contributed by atoms with Crippen molar-refractivity contribution < 1.29 is 24.6 Å². The minimum Gasteiger partial charge on any atom is -0.481 e. The third-order valence-corrected chi connectivity index (χ3v) is 9.87. The number of aliphatic hydroxyl groups excluding tert-OH is 1. The monoisotopic (exact) mass is 404 g/mol. The Bertz CT molecular complexity index is 716. The van der Waals surface area contributed by atoms with E-state index in [1.54, 1.807) is 0 Å². The molecule has 4 rings (SSSR count). The van der Waals surface area contributed by atoms with Crippen molar-refractivity contribution in [3.05, 3.63) is 0 Å². The number of Topliss-reactive ketones (excluding diaryl/α,β-unsaturated/α-hetero) is 2. The maximum absolute atomic E-state index is 13.6. The zero-order valence-corrected chi connectivity index (χ0v) is 18.0. The zero-order valence-electron chi connectivity index (χ0n) is 18.0. The fourth-order valence-corrected chi connectivity index (χ4v) is 8.13. The summed E-state index contributed by atoms with van der Waals surface area (Å²) in [5.41, 5.74) is -0.520. The second-order valence-corrected chi connectivity index (χ2v) is 11.0. The van der Waals surface area contributed by atoms with Crippen molar-refractivity contribution in [1.29, 1.82) is 0 Å². The number of hydrogen-bond acceptors (Lipinski definition) is 4. The summed E-state index contributed by atoms with van der Waals surface area (Å²) >= 11 is 0. The van der Waals surface area contributed by atoms with E-state index >= 15 is 0 Å². The van der Waals surface area contributed by atoms with Crippen LogP contribution in [0.25, 0.3) is 0 Å². The number of hydrogen-bond donors (Lipinski definition) is 2. The molecule has 4 saturated carbocycles. The molecule has 162 valence electrons. The highest BCUT2D eigenvalue weighted by Crippen LogP contribution is 2.66. The molecule has 0 saturated heterocycles. The molecule has 0 heterocycles. The van der Waals surface area contributed by atoms with Crippen LogP contribution >= 0.6 is 0 Å². The predicted octanol–water partition coefficient (Wildman–Crippen LogP) is 3.87. The molecule has 4 aliphatic carbocycles. The van der Waals surface area contributed by atoms with Gasteiger partial charge in [0.25, 0.3) is 0 Å². The maximum Gasteiger partial charge on any atom is 0.303 e. The Morgan fingerprint density at radius 1 is 1.14 bits per heavy atom. The van der Waals surface area contributed by atoms with Crippen LogP contribution in [0.4, 0.5) is 0 Å². The molecule has 0 spiro atoms. The number of fused-ring (bicyclic) bond motifs is 5. The fourth-order valence-electron chi connectivity index (χ4n) is 8.13. The van der Waals surface area contributed by atoms with E-state index < -0.39 is 11.4 Å². The molecule has 2 N–H and O–H groups in total. The number of carboxylic acids is 1. The minimum absolute atomic E-state index is 0.0260. The average molecular weight is 405 g/mol. The second-order valence-electron chi connectivity index (χ2n) is 11.0. The van der Waals surface area contributed by atoms with Crippen LogP contribution in [0, 0.1) is 46.3 Å². The topological polar surface area (TPSA) is 91.7 Å². The number of ketones is 2. The SMILES string of the molecule is C[C@H](CCC(=O)O)[C@H]1CC[C@H]2[C@@H]3C(=O)CC4C[C@@H](O)CC[C@]4(C)[C@H]3CC(=O)[C@]12C. The molecule has 0 aromatic rings. The number of rotatable bonds is 4. The summed E-state index contributed by atoms with van der Waals surface area (Å²) in [6.07, 6.45) is 5.64. The molecule has 4 aliphatic rings. The van der Waals surface area contributed by atoms with Gasteiger partial charge in [-0.25, -0.2) is 0 Å². The van der Waals surface area contributed by atoms with Gasteiger partial charge in [-0.3, -0.25) is 14.4 Å². The Hall–Kier alpha value is -1.23. The first-order valence-corrected chi connectivity index (χ1v) is 11.5. The number of aliphatic carboxylic acids is 1. The molecule has 0 amide bonds. The summed E-state index contributed by atoms with van der Waals surface area (Å²) < 4.78 is 0. The zero-order chi connectivity index (χ0) is 21.1. The van der Waals surface area contributed by atoms with Gasteiger partial charge in [0, 0.05) is 30.6 Å². The molecule has 29 heavy (non-hydrogen) atoms.